The lowest BCUT2D eigenvalue weighted by Crippen LogP contribution is -2.52. The van der Waals surface area contributed by atoms with Crippen molar-refractivity contribution in [1.82, 2.24) is 5.32 Å². The van der Waals surface area contributed by atoms with Gasteiger partial charge in [-0.15, -0.1) is 12.4 Å². The molecular weight excluding hydrogens is 317 g/mol. The van der Waals surface area contributed by atoms with E-state index in [0.717, 1.165) is 0 Å². The zero-order chi connectivity index (χ0) is 16.0. The third-order valence-corrected chi connectivity index (χ3v) is 3.06. The van der Waals surface area contributed by atoms with Crippen LogP contribution in [0.4, 0.5) is 13.2 Å². The monoisotopic (exact) mass is 338 g/mol. The number of halogens is 4. The number of nitrogens with two attached hydrogens (primary N) is 1. The molecule has 1 aromatic rings. The second-order valence-electron chi connectivity index (χ2n) is 5.53. The van der Waals surface area contributed by atoms with Gasteiger partial charge in [-0.3, -0.25) is 4.79 Å². The molecule has 0 aliphatic heterocycles. The van der Waals surface area contributed by atoms with Crippen LogP contribution in [0.3, 0.4) is 0 Å². The van der Waals surface area contributed by atoms with Gasteiger partial charge in [-0.2, -0.15) is 13.2 Å². The van der Waals surface area contributed by atoms with E-state index in [9.17, 15) is 18.0 Å². The number of amides is 1. The summed E-state index contributed by atoms with van der Waals surface area (Å²) in [7, 11) is 0. The largest absolute Gasteiger partial charge is 0.408 e. The van der Waals surface area contributed by atoms with Crippen molar-refractivity contribution < 1.29 is 18.0 Å². The second kappa shape index (κ2) is 9.00. The smallest absolute Gasteiger partial charge is 0.343 e. The molecule has 7 heteroatoms. The summed E-state index contributed by atoms with van der Waals surface area (Å²) in [6, 6.07) is 5.39. The SMILES string of the molecule is CC(C)C[C@H](N)C(=O)NC(Cc1ccccc1)C(F)(F)F.Cl. The molecule has 0 aliphatic carbocycles. The third kappa shape index (κ3) is 7.13. The molecule has 0 saturated carbocycles. The average Bonchev–Trinajstić information content (AvgIpc) is 2.37. The Morgan fingerprint density at radius 2 is 1.77 bits per heavy atom. The first kappa shape index (κ1) is 20.7. The molecule has 0 spiro atoms. The summed E-state index contributed by atoms with van der Waals surface area (Å²) in [6.45, 7) is 3.72. The topological polar surface area (TPSA) is 55.1 Å². The van der Waals surface area contributed by atoms with E-state index in [1.807, 2.05) is 19.2 Å². The summed E-state index contributed by atoms with van der Waals surface area (Å²) in [5.41, 5.74) is 6.14. The van der Waals surface area contributed by atoms with Gasteiger partial charge in [-0.25, -0.2) is 0 Å². The fourth-order valence-corrected chi connectivity index (χ4v) is 1.99. The van der Waals surface area contributed by atoms with E-state index in [1.165, 1.54) is 0 Å². The van der Waals surface area contributed by atoms with Crippen LogP contribution >= 0.6 is 12.4 Å². The van der Waals surface area contributed by atoms with E-state index >= 15 is 0 Å². The molecule has 1 aromatic carbocycles. The van der Waals surface area contributed by atoms with Crippen molar-refractivity contribution in [2.24, 2.45) is 11.7 Å². The zero-order valence-corrected chi connectivity index (χ0v) is 13.4. The predicted molar refractivity (Wildman–Crippen MR) is 82.8 cm³/mol. The molecule has 22 heavy (non-hydrogen) atoms. The number of hydrogen-bond donors (Lipinski definition) is 2. The summed E-state index contributed by atoms with van der Waals surface area (Å²) < 4.78 is 39.1. The number of rotatable bonds is 6. The number of nitrogens with one attached hydrogen (secondary N) is 1. The van der Waals surface area contributed by atoms with E-state index < -0.39 is 24.2 Å². The quantitative estimate of drug-likeness (QED) is 0.837. The molecule has 0 bridgehead atoms. The van der Waals surface area contributed by atoms with E-state index in [1.54, 1.807) is 30.3 Å². The number of alkyl halides is 3. The Hall–Kier alpha value is -1.27. The highest BCUT2D eigenvalue weighted by Gasteiger charge is 2.41. The first-order valence-electron chi connectivity index (χ1n) is 6.86. The van der Waals surface area contributed by atoms with Crippen molar-refractivity contribution in [3.8, 4) is 0 Å². The Labute approximate surface area is 134 Å². The van der Waals surface area contributed by atoms with Crippen molar-refractivity contribution in [3.05, 3.63) is 35.9 Å². The van der Waals surface area contributed by atoms with Crippen LogP contribution < -0.4 is 11.1 Å². The van der Waals surface area contributed by atoms with Gasteiger partial charge in [0.25, 0.3) is 0 Å². The van der Waals surface area contributed by atoms with Gasteiger partial charge in [0, 0.05) is 6.42 Å². The van der Waals surface area contributed by atoms with E-state index in [0.29, 0.717) is 12.0 Å². The predicted octanol–water partition coefficient (Wildman–Crippen LogP) is 3.07. The highest BCUT2D eigenvalue weighted by Crippen LogP contribution is 2.23. The Morgan fingerprint density at radius 1 is 1.23 bits per heavy atom. The number of carbonyl (C=O) groups is 1. The average molecular weight is 339 g/mol. The van der Waals surface area contributed by atoms with Gasteiger partial charge in [-0.1, -0.05) is 44.2 Å². The van der Waals surface area contributed by atoms with Crippen molar-refractivity contribution in [3.63, 3.8) is 0 Å². The minimum absolute atomic E-state index is 0. The van der Waals surface area contributed by atoms with Crippen LogP contribution in [0.2, 0.25) is 0 Å². The summed E-state index contributed by atoms with van der Waals surface area (Å²) >= 11 is 0. The van der Waals surface area contributed by atoms with Gasteiger partial charge in [0.2, 0.25) is 5.91 Å². The maximum Gasteiger partial charge on any atom is 0.408 e. The molecule has 0 heterocycles. The Balaban J connectivity index is 0.00000441. The van der Waals surface area contributed by atoms with Gasteiger partial charge < -0.3 is 11.1 Å². The van der Waals surface area contributed by atoms with Gasteiger partial charge >= 0.3 is 6.18 Å². The Morgan fingerprint density at radius 3 is 2.23 bits per heavy atom. The van der Waals surface area contributed by atoms with Crippen LogP contribution in [0, 0.1) is 5.92 Å². The molecule has 3 nitrogen and oxygen atoms in total. The maximum absolute atomic E-state index is 13.0. The fraction of sp³-hybridized carbons (Fsp3) is 0.533. The second-order valence-corrected chi connectivity index (χ2v) is 5.53. The molecule has 0 aromatic heterocycles. The summed E-state index contributed by atoms with van der Waals surface area (Å²) in [5.74, 6) is -0.619. The van der Waals surface area contributed by atoms with E-state index in [4.69, 9.17) is 5.73 Å². The van der Waals surface area contributed by atoms with Crippen LogP contribution in [0.15, 0.2) is 30.3 Å². The molecule has 1 unspecified atom stereocenters. The molecule has 0 radical (unpaired) electrons. The van der Waals surface area contributed by atoms with Gasteiger partial charge in [0.1, 0.15) is 6.04 Å². The fourth-order valence-electron chi connectivity index (χ4n) is 1.99. The maximum atomic E-state index is 13.0. The zero-order valence-electron chi connectivity index (χ0n) is 12.6. The van der Waals surface area contributed by atoms with Crippen LogP contribution in [-0.4, -0.2) is 24.2 Å². The Kier molecular flexibility index (Phi) is 8.48. The normalized spacial score (nSPS) is 14.1. The van der Waals surface area contributed by atoms with Crippen LogP contribution in [0.5, 0.6) is 0 Å². The molecule has 126 valence electrons. The summed E-state index contributed by atoms with van der Waals surface area (Å²) in [6.07, 6.45) is -4.46. The first-order chi connectivity index (χ1) is 9.70. The summed E-state index contributed by atoms with van der Waals surface area (Å²) in [4.78, 5) is 11.8. The molecule has 0 saturated heterocycles. The summed E-state index contributed by atoms with van der Waals surface area (Å²) in [5, 5.41) is 2.02. The number of benzene rings is 1. The van der Waals surface area contributed by atoms with Crippen LogP contribution in [0.25, 0.3) is 0 Å². The third-order valence-electron chi connectivity index (χ3n) is 3.06. The lowest BCUT2D eigenvalue weighted by Gasteiger charge is -2.24. The van der Waals surface area contributed by atoms with Crippen molar-refractivity contribution in [2.45, 2.75) is 44.9 Å². The molecule has 2 atom stereocenters. The molecule has 0 fully saturated rings. The van der Waals surface area contributed by atoms with E-state index in [2.05, 4.69) is 0 Å². The van der Waals surface area contributed by atoms with Crippen LogP contribution in [0.1, 0.15) is 25.8 Å². The highest BCUT2D eigenvalue weighted by molar-refractivity contribution is 5.85. The number of carbonyl (C=O) groups excluding carboxylic acids is 1. The standard InChI is InChI=1S/C15H21F3N2O.ClH/c1-10(2)8-12(19)14(21)20-13(15(16,17)18)9-11-6-4-3-5-7-11;/h3-7,10,12-13H,8-9,19H2,1-2H3,(H,20,21);1H/t12-,13?;/m0./s1. The molecule has 3 N–H and O–H groups in total. The van der Waals surface area contributed by atoms with Gasteiger partial charge in [-0.05, 0) is 17.9 Å². The molecule has 1 rings (SSSR count). The molecular formula is C15H22ClF3N2O. The van der Waals surface area contributed by atoms with Gasteiger partial charge in [0.05, 0.1) is 6.04 Å². The van der Waals surface area contributed by atoms with Crippen molar-refractivity contribution in [2.75, 3.05) is 0 Å². The van der Waals surface area contributed by atoms with E-state index in [-0.39, 0.29) is 24.7 Å². The Bertz CT molecular complexity index is 452. The van der Waals surface area contributed by atoms with Crippen LogP contribution in [-0.2, 0) is 11.2 Å². The lowest BCUT2D eigenvalue weighted by molar-refractivity contribution is -0.162. The highest BCUT2D eigenvalue weighted by atomic mass is 35.5. The van der Waals surface area contributed by atoms with Crippen molar-refractivity contribution >= 4 is 18.3 Å². The lowest BCUT2D eigenvalue weighted by atomic mass is 10.0. The minimum atomic E-state index is -4.51. The molecule has 0 aliphatic rings. The molecule has 1 amide bonds. The first-order valence-corrected chi connectivity index (χ1v) is 6.86. The van der Waals surface area contributed by atoms with Crippen molar-refractivity contribution in [1.29, 1.82) is 0 Å². The minimum Gasteiger partial charge on any atom is -0.343 e. The van der Waals surface area contributed by atoms with Gasteiger partial charge in [0.15, 0.2) is 0 Å². The number of hydrogen-bond acceptors (Lipinski definition) is 2.